The van der Waals surface area contributed by atoms with Gasteiger partial charge < -0.3 is 21.3 Å². The Bertz CT molecular complexity index is 1960. The van der Waals surface area contributed by atoms with Gasteiger partial charge in [0.25, 0.3) is 5.91 Å². The van der Waals surface area contributed by atoms with E-state index in [2.05, 4.69) is 41.4 Å². The molecule has 1 aliphatic heterocycles. The van der Waals surface area contributed by atoms with Gasteiger partial charge in [0, 0.05) is 41.3 Å². The molecule has 49 heavy (non-hydrogen) atoms. The lowest BCUT2D eigenvalue weighted by atomic mass is 9.94. The van der Waals surface area contributed by atoms with E-state index in [0.717, 1.165) is 33.0 Å². The lowest BCUT2D eigenvalue weighted by Crippen LogP contribution is -2.62. The molecule has 0 radical (unpaired) electrons. The number of fused-ring (bicyclic) bond motifs is 1. The molecule has 4 N–H and O–H groups in total. The summed E-state index contributed by atoms with van der Waals surface area (Å²) in [6, 6.07) is 36.9. The molecule has 5 aromatic rings. The van der Waals surface area contributed by atoms with Crippen molar-refractivity contribution >= 4 is 51.7 Å². The summed E-state index contributed by atoms with van der Waals surface area (Å²) >= 11 is 12.6. The van der Waals surface area contributed by atoms with E-state index in [0.29, 0.717) is 54.5 Å². The van der Waals surface area contributed by atoms with Gasteiger partial charge in [-0.05, 0) is 82.6 Å². The van der Waals surface area contributed by atoms with Gasteiger partial charge in [-0.2, -0.15) is 0 Å². The number of piperazine rings is 1. The maximum atomic E-state index is 14.5. The van der Waals surface area contributed by atoms with E-state index < -0.39 is 0 Å². The molecule has 0 aliphatic carbocycles. The van der Waals surface area contributed by atoms with Crippen LogP contribution in [0, 0.1) is 0 Å². The zero-order valence-electron chi connectivity index (χ0n) is 27.1. The summed E-state index contributed by atoms with van der Waals surface area (Å²) in [5, 5.41) is 3.28. The number of carbonyl (C=O) groups is 2. The molecule has 1 heterocycles. The number of aliphatic imine (C=N–C) groups is 1. The maximum Gasteiger partial charge on any atom is 0.254 e. The van der Waals surface area contributed by atoms with E-state index in [1.54, 1.807) is 6.07 Å². The zero-order valence-corrected chi connectivity index (χ0v) is 28.7. The number of hydrogen-bond donors (Lipinski definition) is 2. The number of carbonyl (C=O) groups excluding carboxylic acids is 2. The number of benzene rings is 5. The van der Waals surface area contributed by atoms with Crippen molar-refractivity contribution < 1.29 is 9.59 Å². The minimum absolute atomic E-state index is 0.0321. The van der Waals surface area contributed by atoms with Crippen molar-refractivity contribution in [1.29, 1.82) is 0 Å². The molecule has 7 nitrogen and oxygen atoms in total. The van der Waals surface area contributed by atoms with E-state index in [-0.39, 0.29) is 36.3 Å². The first kappa shape index (κ1) is 34.0. The van der Waals surface area contributed by atoms with Gasteiger partial charge in [-0.3, -0.25) is 14.6 Å². The van der Waals surface area contributed by atoms with Crippen LogP contribution in [-0.2, 0) is 17.6 Å². The van der Waals surface area contributed by atoms with Crippen molar-refractivity contribution in [2.75, 3.05) is 19.6 Å². The first-order valence-electron chi connectivity index (χ1n) is 16.5. The molecule has 1 aliphatic rings. The van der Waals surface area contributed by atoms with Gasteiger partial charge in [0.05, 0.1) is 12.5 Å². The third-order valence-corrected chi connectivity index (χ3v) is 9.49. The van der Waals surface area contributed by atoms with Crippen molar-refractivity contribution in [2.45, 2.75) is 37.8 Å². The average molecular weight is 693 g/mol. The first-order chi connectivity index (χ1) is 23.7. The molecule has 0 saturated carbocycles. The number of hydrogen-bond acceptors (Lipinski definition) is 3. The largest absolute Gasteiger partial charge is 0.370 e. The van der Waals surface area contributed by atoms with Gasteiger partial charge in [-0.15, -0.1) is 0 Å². The first-order valence-corrected chi connectivity index (χ1v) is 17.2. The van der Waals surface area contributed by atoms with Crippen LogP contribution < -0.4 is 11.5 Å². The monoisotopic (exact) mass is 691 g/mol. The van der Waals surface area contributed by atoms with Crippen LogP contribution in [0.5, 0.6) is 0 Å². The highest BCUT2D eigenvalue weighted by Gasteiger charge is 2.38. The molecule has 250 valence electrons. The number of halogens is 2. The Hall–Kier alpha value is -4.85. The van der Waals surface area contributed by atoms with Crippen LogP contribution in [0.25, 0.3) is 21.9 Å². The second-order valence-electron chi connectivity index (χ2n) is 12.5. The molecule has 0 aromatic heterocycles. The molecule has 9 heteroatoms. The lowest BCUT2D eigenvalue weighted by molar-refractivity contribution is -0.136. The fourth-order valence-electron chi connectivity index (χ4n) is 6.69. The number of rotatable bonds is 10. The predicted molar refractivity (Wildman–Crippen MR) is 200 cm³/mol. The normalized spacial score (nSPS) is 16.0. The van der Waals surface area contributed by atoms with Crippen molar-refractivity contribution in [3.8, 4) is 11.1 Å². The SMILES string of the molecule is NC(N)=NCCCC1CN(C(=O)Cc2ccc3ccccc3c2)C(Cc2ccccc2)CN1C(=O)c1cccc(-c2cc(Cl)cc(Cl)c2)c1. The molecule has 1 fully saturated rings. The summed E-state index contributed by atoms with van der Waals surface area (Å²) in [4.78, 5) is 36.8. The zero-order chi connectivity index (χ0) is 34.3. The lowest BCUT2D eigenvalue weighted by Gasteiger charge is -2.47. The van der Waals surface area contributed by atoms with Crippen LogP contribution in [0.3, 0.4) is 0 Å². The summed E-state index contributed by atoms with van der Waals surface area (Å²) in [6.07, 6.45) is 2.18. The number of nitrogens with zero attached hydrogens (tertiary/aromatic N) is 3. The van der Waals surface area contributed by atoms with Crippen LogP contribution in [0.4, 0.5) is 0 Å². The quantitative estimate of drug-likeness (QED) is 0.0906. The van der Waals surface area contributed by atoms with Crippen molar-refractivity contribution in [3.05, 3.63) is 142 Å². The summed E-state index contributed by atoms with van der Waals surface area (Å²) in [5.74, 6) is -0.0245. The van der Waals surface area contributed by atoms with E-state index in [1.807, 2.05) is 82.6 Å². The minimum atomic E-state index is -0.237. The summed E-state index contributed by atoms with van der Waals surface area (Å²) in [5.41, 5.74) is 15.5. The highest BCUT2D eigenvalue weighted by atomic mass is 35.5. The van der Waals surface area contributed by atoms with Crippen molar-refractivity contribution in [1.82, 2.24) is 9.80 Å². The van der Waals surface area contributed by atoms with E-state index in [4.69, 9.17) is 34.7 Å². The topological polar surface area (TPSA) is 105 Å². The van der Waals surface area contributed by atoms with E-state index in [1.165, 1.54) is 0 Å². The standard InChI is InChI=1S/C40H39Cl2N5O2/c41-34-22-33(23-35(42)24-34)31-12-6-13-32(21-31)39(49)47-26-37(19-27-8-2-1-3-9-27)46(25-36(47)14-7-17-45-40(43)44)38(48)20-28-15-16-29-10-4-5-11-30(29)18-28/h1-6,8-13,15-16,18,21-24,36-37H,7,14,17,19-20,25-26H2,(H4,43,44,45). The number of guanidine groups is 1. The Morgan fingerprint density at radius 2 is 1.41 bits per heavy atom. The van der Waals surface area contributed by atoms with E-state index in [9.17, 15) is 9.59 Å². The van der Waals surface area contributed by atoms with Crippen LogP contribution >= 0.6 is 23.2 Å². The van der Waals surface area contributed by atoms with Gasteiger partial charge in [0.2, 0.25) is 5.91 Å². The Labute approximate surface area is 297 Å². The molecule has 2 amide bonds. The molecule has 0 spiro atoms. The Kier molecular flexibility index (Phi) is 10.8. The Balaban J connectivity index is 1.31. The smallest absolute Gasteiger partial charge is 0.254 e. The second kappa shape index (κ2) is 15.6. The predicted octanol–water partition coefficient (Wildman–Crippen LogP) is 7.37. The second-order valence-corrected chi connectivity index (χ2v) is 13.4. The van der Waals surface area contributed by atoms with Crippen molar-refractivity contribution in [2.24, 2.45) is 16.5 Å². The fraction of sp³-hybridized carbons (Fsp3) is 0.225. The Morgan fingerprint density at radius 1 is 0.694 bits per heavy atom. The highest BCUT2D eigenvalue weighted by Crippen LogP contribution is 2.30. The minimum Gasteiger partial charge on any atom is -0.370 e. The van der Waals surface area contributed by atoms with Gasteiger partial charge in [-0.1, -0.05) is 108 Å². The molecule has 5 aromatic carbocycles. The third kappa shape index (κ3) is 8.60. The molecule has 2 unspecified atom stereocenters. The Morgan fingerprint density at radius 3 is 2.16 bits per heavy atom. The molecular weight excluding hydrogens is 653 g/mol. The van der Waals surface area contributed by atoms with Crippen LogP contribution in [-0.4, -0.2) is 59.3 Å². The molecular formula is C40H39Cl2N5O2. The van der Waals surface area contributed by atoms with Gasteiger partial charge in [-0.25, -0.2) is 0 Å². The van der Waals surface area contributed by atoms with Gasteiger partial charge in [0.15, 0.2) is 5.96 Å². The average Bonchev–Trinajstić information content (AvgIpc) is 3.10. The van der Waals surface area contributed by atoms with Crippen molar-refractivity contribution in [3.63, 3.8) is 0 Å². The summed E-state index contributed by atoms with van der Waals surface area (Å²) in [6.45, 7) is 1.22. The third-order valence-electron chi connectivity index (χ3n) is 9.06. The fourth-order valence-corrected chi connectivity index (χ4v) is 7.22. The van der Waals surface area contributed by atoms with Gasteiger partial charge >= 0.3 is 0 Å². The van der Waals surface area contributed by atoms with Crippen LogP contribution in [0.15, 0.2) is 120 Å². The molecule has 6 rings (SSSR count). The summed E-state index contributed by atoms with van der Waals surface area (Å²) in [7, 11) is 0. The molecule has 2 atom stereocenters. The highest BCUT2D eigenvalue weighted by molar-refractivity contribution is 6.35. The van der Waals surface area contributed by atoms with Crippen LogP contribution in [0.1, 0.15) is 34.3 Å². The van der Waals surface area contributed by atoms with Gasteiger partial charge in [0.1, 0.15) is 0 Å². The van der Waals surface area contributed by atoms with E-state index >= 15 is 0 Å². The van der Waals surface area contributed by atoms with Crippen LogP contribution in [0.2, 0.25) is 10.0 Å². The molecule has 1 saturated heterocycles. The molecule has 0 bridgehead atoms. The summed E-state index contributed by atoms with van der Waals surface area (Å²) < 4.78 is 0. The number of amides is 2. The maximum absolute atomic E-state index is 14.5. The number of nitrogens with two attached hydrogens (primary N) is 2.